The number of alkyl halides is 3. The van der Waals surface area contributed by atoms with E-state index in [1.807, 2.05) is 0 Å². The van der Waals surface area contributed by atoms with E-state index in [4.69, 9.17) is 16.7 Å². The molecule has 0 radical (unpaired) electrons. The molecule has 1 aromatic carbocycles. The van der Waals surface area contributed by atoms with Gasteiger partial charge in [0.1, 0.15) is 6.54 Å². The molecule has 0 amide bonds. The lowest BCUT2D eigenvalue weighted by molar-refractivity contribution is -0.119. The van der Waals surface area contributed by atoms with Crippen LogP contribution in [0.3, 0.4) is 0 Å². The van der Waals surface area contributed by atoms with Gasteiger partial charge in [-0.2, -0.15) is 13.2 Å². The SMILES string of the molecule is CCCN(CC(F)(F)F)c1cc(Cl)ccc1C(=O)O. The molecule has 0 bridgehead atoms. The fraction of sp³-hybridized carbons (Fsp3) is 0.417. The van der Waals surface area contributed by atoms with Gasteiger partial charge in [0, 0.05) is 11.6 Å². The third-order valence-corrected chi connectivity index (χ3v) is 2.63. The Morgan fingerprint density at radius 3 is 2.53 bits per heavy atom. The molecule has 0 saturated carbocycles. The second-order valence-corrected chi connectivity index (χ2v) is 4.44. The Kier molecular flexibility index (Phi) is 5.05. The second kappa shape index (κ2) is 6.14. The van der Waals surface area contributed by atoms with Gasteiger partial charge >= 0.3 is 12.1 Å². The average molecular weight is 296 g/mol. The molecule has 0 atom stereocenters. The lowest BCUT2D eigenvalue weighted by Gasteiger charge is -2.27. The predicted octanol–water partition coefficient (Wildman–Crippen LogP) is 3.82. The average Bonchev–Trinajstić information content (AvgIpc) is 2.26. The lowest BCUT2D eigenvalue weighted by atomic mass is 10.1. The standard InChI is InChI=1S/C12H13ClF3NO2/c1-2-5-17(7-12(14,15)16)10-6-8(13)3-4-9(10)11(18)19/h3-4,6H,2,5,7H2,1H3,(H,18,19). The minimum Gasteiger partial charge on any atom is -0.478 e. The Morgan fingerprint density at radius 1 is 1.42 bits per heavy atom. The number of benzene rings is 1. The van der Waals surface area contributed by atoms with Crippen molar-refractivity contribution in [1.29, 1.82) is 0 Å². The van der Waals surface area contributed by atoms with E-state index in [9.17, 15) is 18.0 Å². The molecule has 1 rings (SSSR count). The van der Waals surface area contributed by atoms with Crippen molar-refractivity contribution in [3.8, 4) is 0 Å². The van der Waals surface area contributed by atoms with Gasteiger partial charge in [-0.15, -0.1) is 0 Å². The number of carbonyl (C=O) groups is 1. The van der Waals surface area contributed by atoms with Crippen molar-refractivity contribution in [3.05, 3.63) is 28.8 Å². The summed E-state index contributed by atoms with van der Waals surface area (Å²) in [5, 5.41) is 9.22. The number of aromatic carboxylic acids is 1. The summed E-state index contributed by atoms with van der Waals surface area (Å²) in [6.45, 7) is 0.607. The number of rotatable bonds is 5. The number of halogens is 4. The van der Waals surface area contributed by atoms with Crippen LogP contribution in [0.15, 0.2) is 18.2 Å². The van der Waals surface area contributed by atoms with E-state index >= 15 is 0 Å². The Hall–Kier alpha value is -1.43. The summed E-state index contributed by atoms with van der Waals surface area (Å²) in [7, 11) is 0. The van der Waals surface area contributed by atoms with E-state index in [2.05, 4.69) is 0 Å². The minimum absolute atomic E-state index is 0.0147. The number of carboxylic acids is 1. The van der Waals surface area contributed by atoms with E-state index in [1.54, 1.807) is 6.92 Å². The van der Waals surface area contributed by atoms with Crippen molar-refractivity contribution in [2.75, 3.05) is 18.0 Å². The zero-order valence-corrected chi connectivity index (χ0v) is 10.9. The molecule has 19 heavy (non-hydrogen) atoms. The second-order valence-electron chi connectivity index (χ2n) is 4.00. The van der Waals surface area contributed by atoms with Gasteiger partial charge in [-0.05, 0) is 24.6 Å². The van der Waals surface area contributed by atoms with E-state index in [-0.39, 0.29) is 22.8 Å². The normalized spacial score (nSPS) is 11.4. The van der Waals surface area contributed by atoms with Crippen molar-refractivity contribution in [2.24, 2.45) is 0 Å². The maximum atomic E-state index is 12.5. The molecule has 3 nitrogen and oxygen atoms in total. The van der Waals surface area contributed by atoms with E-state index in [0.29, 0.717) is 6.42 Å². The largest absolute Gasteiger partial charge is 0.478 e. The van der Waals surface area contributed by atoms with Gasteiger partial charge in [0.05, 0.1) is 11.3 Å². The quantitative estimate of drug-likeness (QED) is 0.898. The number of carboxylic acid groups (broad SMARTS) is 1. The van der Waals surface area contributed by atoms with Crippen LogP contribution in [0.2, 0.25) is 5.02 Å². The highest BCUT2D eigenvalue weighted by atomic mass is 35.5. The molecule has 0 aliphatic carbocycles. The summed E-state index contributed by atoms with van der Waals surface area (Å²) in [5.74, 6) is -1.28. The van der Waals surface area contributed by atoms with Crippen molar-refractivity contribution in [2.45, 2.75) is 19.5 Å². The number of nitrogens with zero attached hydrogens (tertiary/aromatic N) is 1. The fourth-order valence-corrected chi connectivity index (χ4v) is 1.88. The maximum Gasteiger partial charge on any atom is 0.405 e. The van der Waals surface area contributed by atoms with Gasteiger partial charge < -0.3 is 10.0 Å². The van der Waals surface area contributed by atoms with Crippen LogP contribution >= 0.6 is 11.6 Å². The molecule has 0 aliphatic heterocycles. The third-order valence-electron chi connectivity index (χ3n) is 2.39. The summed E-state index contributed by atoms with van der Waals surface area (Å²) >= 11 is 5.74. The zero-order valence-electron chi connectivity index (χ0n) is 10.2. The highest BCUT2D eigenvalue weighted by molar-refractivity contribution is 6.31. The summed E-state index contributed by atoms with van der Waals surface area (Å²) in [5.41, 5.74) is -0.207. The molecule has 1 N–H and O–H groups in total. The molecule has 0 aromatic heterocycles. The highest BCUT2D eigenvalue weighted by Gasteiger charge is 2.32. The van der Waals surface area contributed by atoms with Gasteiger partial charge in [0.2, 0.25) is 0 Å². The van der Waals surface area contributed by atoms with E-state index in [1.165, 1.54) is 18.2 Å². The monoisotopic (exact) mass is 295 g/mol. The molecular formula is C12H13ClF3NO2. The van der Waals surface area contributed by atoms with Crippen LogP contribution in [0.5, 0.6) is 0 Å². The first kappa shape index (κ1) is 15.6. The summed E-state index contributed by atoms with van der Waals surface area (Å²) in [6.07, 6.45) is -3.95. The first-order valence-corrected chi connectivity index (χ1v) is 5.97. The molecule has 106 valence electrons. The van der Waals surface area contributed by atoms with Crippen LogP contribution in [0.1, 0.15) is 23.7 Å². The highest BCUT2D eigenvalue weighted by Crippen LogP contribution is 2.28. The van der Waals surface area contributed by atoms with Gasteiger partial charge in [0.15, 0.2) is 0 Å². The Morgan fingerprint density at radius 2 is 2.05 bits per heavy atom. The van der Waals surface area contributed by atoms with Gasteiger partial charge in [-0.1, -0.05) is 18.5 Å². The van der Waals surface area contributed by atoms with Crippen LogP contribution < -0.4 is 4.90 Å². The van der Waals surface area contributed by atoms with E-state index in [0.717, 1.165) is 4.90 Å². The molecule has 7 heteroatoms. The number of anilines is 1. The maximum absolute atomic E-state index is 12.5. The lowest BCUT2D eigenvalue weighted by Crippen LogP contribution is -2.35. The molecule has 0 saturated heterocycles. The Balaban J connectivity index is 3.20. The first-order valence-electron chi connectivity index (χ1n) is 5.59. The van der Waals surface area contributed by atoms with Gasteiger partial charge in [0.25, 0.3) is 0 Å². The molecular weight excluding hydrogens is 283 g/mol. The Bertz CT molecular complexity index is 463. The number of hydrogen-bond acceptors (Lipinski definition) is 2. The van der Waals surface area contributed by atoms with E-state index < -0.39 is 18.7 Å². The predicted molar refractivity (Wildman–Crippen MR) is 67.0 cm³/mol. The van der Waals surface area contributed by atoms with Crippen LogP contribution in [-0.2, 0) is 0 Å². The van der Waals surface area contributed by atoms with Crippen LogP contribution in [-0.4, -0.2) is 30.3 Å². The summed E-state index contributed by atoms with van der Waals surface area (Å²) < 4.78 is 37.6. The van der Waals surface area contributed by atoms with Crippen LogP contribution in [0, 0.1) is 0 Å². The van der Waals surface area contributed by atoms with Crippen molar-refractivity contribution >= 4 is 23.3 Å². The summed E-state index contributed by atoms with van der Waals surface area (Å²) in [4.78, 5) is 12.0. The molecule has 0 aliphatic rings. The fourth-order valence-electron chi connectivity index (χ4n) is 1.72. The minimum atomic E-state index is -4.41. The van der Waals surface area contributed by atoms with Crippen molar-refractivity contribution in [1.82, 2.24) is 0 Å². The number of hydrogen-bond donors (Lipinski definition) is 1. The molecule has 1 aromatic rings. The van der Waals surface area contributed by atoms with Crippen molar-refractivity contribution in [3.63, 3.8) is 0 Å². The van der Waals surface area contributed by atoms with Crippen LogP contribution in [0.4, 0.5) is 18.9 Å². The third kappa shape index (κ3) is 4.63. The molecule has 0 fully saturated rings. The molecule has 0 spiro atoms. The topological polar surface area (TPSA) is 40.5 Å². The van der Waals surface area contributed by atoms with Crippen molar-refractivity contribution < 1.29 is 23.1 Å². The van der Waals surface area contributed by atoms with Gasteiger partial charge in [-0.25, -0.2) is 4.79 Å². The van der Waals surface area contributed by atoms with Crippen LogP contribution in [0.25, 0.3) is 0 Å². The molecule has 0 unspecified atom stereocenters. The summed E-state index contributed by atoms with van der Waals surface area (Å²) in [6, 6.07) is 3.79. The molecule has 0 heterocycles. The first-order chi connectivity index (χ1) is 8.74. The Labute approximate surface area is 113 Å². The smallest absolute Gasteiger partial charge is 0.405 e. The van der Waals surface area contributed by atoms with Gasteiger partial charge in [-0.3, -0.25) is 0 Å². The zero-order chi connectivity index (χ0) is 14.6.